The predicted molar refractivity (Wildman–Crippen MR) is 85.2 cm³/mol. The summed E-state index contributed by atoms with van der Waals surface area (Å²) in [5.41, 5.74) is 0.955. The maximum absolute atomic E-state index is 11.9. The van der Waals surface area contributed by atoms with E-state index in [1.807, 2.05) is 0 Å². The van der Waals surface area contributed by atoms with Crippen molar-refractivity contribution in [3.63, 3.8) is 0 Å². The van der Waals surface area contributed by atoms with E-state index < -0.39 is 0 Å². The van der Waals surface area contributed by atoms with E-state index in [1.165, 1.54) is 25.2 Å². The number of nitrogens with one attached hydrogen (secondary N) is 2. The van der Waals surface area contributed by atoms with Gasteiger partial charge in [-0.25, -0.2) is 4.79 Å². The highest BCUT2D eigenvalue weighted by Crippen LogP contribution is 2.15. The number of carbonyl (C=O) groups excluding carboxylic acids is 1. The molecular formula is C16H19N3O3. The Kier molecular flexibility index (Phi) is 4.39. The molecule has 2 heterocycles. The van der Waals surface area contributed by atoms with E-state index in [0.29, 0.717) is 23.2 Å². The number of amides is 2. The first-order valence-corrected chi connectivity index (χ1v) is 7.51. The van der Waals surface area contributed by atoms with E-state index in [1.54, 1.807) is 18.2 Å². The highest BCUT2D eigenvalue weighted by molar-refractivity contribution is 5.92. The Hall–Kier alpha value is -2.34. The number of rotatable bonds is 4. The normalized spacial score (nSPS) is 15.1. The quantitative estimate of drug-likeness (QED) is 0.906. The van der Waals surface area contributed by atoms with Gasteiger partial charge in [0.2, 0.25) is 0 Å². The number of fused-ring (bicyclic) bond motifs is 1. The van der Waals surface area contributed by atoms with Crippen molar-refractivity contribution in [1.29, 1.82) is 0 Å². The van der Waals surface area contributed by atoms with Gasteiger partial charge in [0, 0.05) is 24.8 Å². The fraction of sp³-hybridized carbons (Fsp3) is 0.375. The average Bonchev–Trinajstić information content (AvgIpc) is 3.01. The molecular weight excluding hydrogens is 282 g/mol. The maximum atomic E-state index is 11.9. The lowest BCUT2D eigenvalue weighted by Gasteiger charge is -2.15. The van der Waals surface area contributed by atoms with Gasteiger partial charge >= 0.3 is 6.03 Å². The smallest absolute Gasteiger partial charge is 0.319 e. The molecule has 0 saturated carbocycles. The van der Waals surface area contributed by atoms with Crippen molar-refractivity contribution >= 4 is 22.7 Å². The number of nitrogens with zero attached hydrogens (tertiary/aromatic N) is 1. The molecule has 0 atom stereocenters. The number of carbonyl (C=O) groups is 1. The fourth-order valence-corrected chi connectivity index (χ4v) is 2.67. The molecule has 0 radical (unpaired) electrons. The first-order valence-electron chi connectivity index (χ1n) is 7.51. The van der Waals surface area contributed by atoms with Crippen molar-refractivity contribution in [3.05, 3.63) is 40.8 Å². The molecule has 1 aliphatic rings. The molecule has 1 fully saturated rings. The van der Waals surface area contributed by atoms with Crippen molar-refractivity contribution in [2.45, 2.75) is 12.8 Å². The summed E-state index contributed by atoms with van der Waals surface area (Å²) in [7, 11) is 0. The second-order valence-electron chi connectivity index (χ2n) is 5.43. The van der Waals surface area contributed by atoms with Crippen LogP contribution in [0.4, 0.5) is 10.5 Å². The van der Waals surface area contributed by atoms with Crippen LogP contribution in [0.1, 0.15) is 12.8 Å². The number of urea groups is 1. The summed E-state index contributed by atoms with van der Waals surface area (Å²) in [5, 5.41) is 6.02. The molecule has 22 heavy (non-hydrogen) atoms. The van der Waals surface area contributed by atoms with Crippen molar-refractivity contribution < 1.29 is 9.21 Å². The molecule has 6 nitrogen and oxygen atoms in total. The van der Waals surface area contributed by atoms with Crippen molar-refractivity contribution in [2.75, 3.05) is 31.5 Å². The van der Waals surface area contributed by atoms with Gasteiger partial charge in [-0.2, -0.15) is 0 Å². The van der Waals surface area contributed by atoms with Gasteiger partial charge in [-0.1, -0.05) is 0 Å². The highest BCUT2D eigenvalue weighted by atomic mass is 16.3. The Morgan fingerprint density at radius 3 is 2.86 bits per heavy atom. The molecule has 2 N–H and O–H groups in total. The van der Waals surface area contributed by atoms with Gasteiger partial charge in [0.25, 0.3) is 0 Å². The highest BCUT2D eigenvalue weighted by Gasteiger charge is 2.11. The van der Waals surface area contributed by atoms with Gasteiger partial charge in [-0.05, 0) is 44.1 Å². The van der Waals surface area contributed by atoms with Crippen molar-refractivity contribution in [2.24, 2.45) is 0 Å². The minimum Gasteiger partial charge on any atom is -0.464 e. The summed E-state index contributed by atoms with van der Waals surface area (Å²) in [6, 6.07) is 6.12. The summed E-state index contributed by atoms with van der Waals surface area (Å²) in [4.78, 5) is 25.9. The largest absolute Gasteiger partial charge is 0.464 e. The molecule has 6 heteroatoms. The third-order valence-corrected chi connectivity index (χ3v) is 3.83. The van der Waals surface area contributed by atoms with Crippen LogP contribution in [0.5, 0.6) is 0 Å². The Morgan fingerprint density at radius 2 is 2.05 bits per heavy atom. The minimum absolute atomic E-state index is 0.126. The molecule has 2 aromatic rings. The Labute approximate surface area is 128 Å². The molecule has 2 amide bonds. The van der Waals surface area contributed by atoms with E-state index in [4.69, 9.17) is 4.42 Å². The van der Waals surface area contributed by atoms with Gasteiger partial charge < -0.3 is 20.0 Å². The second-order valence-corrected chi connectivity index (χ2v) is 5.43. The third kappa shape index (κ3) is 3.46. The van der Waals surface area contributed by atoms with Gasteiger partial charge in [-0.15, -0.1) is 0 Å². The molecule has 0 spiro atoms. The van der Waals surface area contributed by atoms with E-state index in [2.05, 4.69) is 15.5 Å². The number of hydrogen-bond donors (Lipinski definition) is 2. The topological polar surface area (TPSA) is 74.6 Å². The molecule has 116 valence electrons. The summed E-state index contributed by atoms with van der Waals surface area (Å²) in [6.45, 7) is 3.71. The molecule has 0 aliphatic carbocycles. The fourth-order valence-electron chi connectivity index (χ4n) is 2.67. The van der Waals surface area contributed by atoms with Gasteiger partial charge in [0.15, 0.2) is 5.43 Å². The van der Waals surface area contributed by atoms with Crippen LogP contribution in [0.3, 0.4) is 0 Å². The number of anilines is 1. The molecule has 1 saturated heterocycles. The minimum atomic E-state index is -0.265. The molecule has 3 rings (SSSR count). The maximum Gasteiger partial charge on any atom is 0.319 e. The number of benzene rings is 1. The van der Waals surface area contributed by atoms with Crippen LogP contribution in [0, 0.1) is 0 Å². The van der Waals surface area contributed by atoms with E-state index in [9.17, 15) is 9.59 Å². The lowest BCUT2D eigenvalue weighted by Crippen LogP contribution is -2.35. The first kappa shape index (κ1) is 14.6. The van der Waals surface area contributed by atoms with Gasteiger partial charge in [0.1, 0.15) is 5.58 Å². The van der Waals surface area contributed by atoms with Crippen molar-refractivity contribution in [1.82, 2.24) is 10.2 Å². The number of hydrogen-bond acceptors (Lipinski definition) is 4. The Morgan fingerprint density at radius 1 is 1.23 bits per heavy atom. The SMILES string of the molecule is O=C(NCCN1CCCC1)Nc1ccc2occc(=O)c2c1. The summed E-state index contributed by atoms with van der Waals surface area (Å²) >= 11 is 0. The standard InChI is InChI=1S/C16H19N3O3/c20-14-5-10-22-15-4-3-12(11-13(14)15)18-16(21)17-6-9-19-7-1-2-8-19/h3-5,10-11H,1-2,6-9H2,(H2,17,18,21). The molecule has 0 bridgehead atoms. The zero-order valence-electron chi connectivity index (χ0n) is 12.3. The first-order chi connectivity index (χ1) is 10.7. The van der Waals surface area contributed by atoms with Crippen LogP contribution in [0.15, 0.2) is 39.7 Å². The zero-order chi connectivity index (χ0) is 15.4. The summed E-state index contributed by atoms with van der Waals surface area (Å²) < 4.78 is 5.24. The monoisotopic (exact) mass is 301 g/mol. The lowest BCUT2D eigenvalue weighted by molar-refractivity contribution is 0.249. The van der Waals surface area contributed by atoms with Crippen LogP contribution >= 0.6 is 0 Å². The van der Waals surface area contributed by atoms with Crippen LogP contribution < -0.4 is 16.1 Å². The van der Waals surface area contributed by atoms with Crippen LogP contribution in [-0.2, 0) is 0 Å². The van der Waals surface area contributed by atoms with Crippen LogP contribution in [0.25, 0.3) is 11.0 Å². The number of likely N-dealkylation sites (tertiary alicyclic amines) is 1. The summed E-state index contributed by atoms with van der Waals surface area (Å²) in [5.74, 6) is 0. The molecule has 1 aromatic carbocycles. The van der Waals surface area contributed by atoms with Crippen molar-refractivity contribution in [3.8, 4) is 0 Å². The van der Waals surface area contributed by atoms with Gasteiger partial charge in [0.05, 0.1) is 11.6 Å². The van der Waals surface area contributed by atoms with Crippen LogP contribution in [0.2, 0.25) is 0 Å². The molecule has 1 aromatic heterocycles. The van der Waals surface area contributed by atoms with E-state index in [0.717, 1.165) is 19.6 Å². The molecule has 0 unspecified atom stereocenters. The average molecular weight is 301 g/mol. The van der Waals surface area contributed by atoms with E-state index in [-0.39, 0.29) is 11.5 Å². The zero-order valence-corrected chi connectivity index (χ0v) is 12.3. The lowest BCUT2D eigenvalue weighted by atomic mass is 10.2. The summed E-state index contributed by atoms with van der Waals surface area (Å²) in [6.07, 6.45) is 3.85. The van der Waals surface area contributed by atoms with Crippen LogP contribution in [-0.4, -0.2) is 37.1 Å². The molecule has 1 aliphatic heterocycles. The Bertz CT molecular complexity index is 720. The Balaban J connectivity index is 1.56. The predicted octanol–water partition coefficient (Wildman–Crippen LogP) is 2.01. The van der Waals surface area contributed by atoms with E-state index >= 15 is 0 Å². The second kappa shape index (κ2) is 6.62. The van der Waals surface area contributed by atoms with Gasteiger partial charge in [-0.3, -0.25) is 4.79 Å². The third-order valence-electron chi connectivity index (χ3n) is 3.83.